The normalized spacial score (nSPS) is 14.7. The molecule has 2 atom stereocenters. The Morgan fingerprint density at radius 1 is 1.60 bits per heavy atom. The average Bonchev–Trinajstić information content (AvgIpc) is 2.63. The highest BCUT2D eigenvalue weighted by Gasteiger charge is 2.15. The summed E-state index contributed by atoms with van der Waals surface area (Å²) in [5.41, 5.74) is 5.64. The third-order valence-corrected chi connectivity index (χ3v) is 3.51. The first kappa shape index (κ1) is 12.2. The lowest BCUT2D eigenvalue weighted by molar-refractivity contribution is -0.123. The number of hydrogen-bond acceptors (Lipinski definition) is 3. The van der Waals surface area contributed by atoms with E-state index in [0.717, 1.165) is 0 Å². The Kier molecular flexibility index (Phi) is 4.29. The Morgan fingerprint density at radius 2 is 2.27 bits per heavy atom. The number of thiophene rings is 1. The molecule has 1 amide bonds. The number of hydrogen-bond donors (Lipinski definition) is 2. The number of rotatable bonds is 4. The van der Waals surface area contributed by atoms with Gasteiger partial charge in [-0.15, -0.1) is 11.3 Å². The quantitative estimate of drug-likeness (QED) is 0.824. The van der Waals surface area contributed by atoms with Crippen LogP contribution >= 0.6 is 11.3 Å². The number of nitrogens with one attached hydrogen (secondary N) is 1. The van der Waals surface area contributed by atoms with E-state index >= 15 is 0 Å². The molecule has 1 aromatic rings. The molecule has 0 aliphatic rings. The lowest BCUT2D eigenvalue weighted by Crippen LogP contribution is -2.40. The Hall–Kier alpha value is -0.870. The largest absolute Gasteiger partial charge is 0.347 e. The topological polar surface area (TPSA) is 55.1 Å². The fourth-order valence-corrected chi connectivity index (χ4v) is 2.14. The molecule has 1 heterocycles. The minimum atomic E-state index is -0.395. The van der Waals surface area contributed by atoms with Gasteiger partial charge in [-0.05, 0) is 32.4 Å². The van der Waals surface area contributed by atoms with Crippen molar-refractivity contribution in [3.63, 3.8) is 0 Å². The first-order valence-corrected chi connectivity index (χ1v) is 5.98. The van der Waals surface area contributed by atoms with Gasteiger partial charge in [0.25, 0.3) is 0 Å². The molecule has 15 heavy (non-hydrogen) atoms. The van der Waals surface area contributed by atoms with Crippen molar-refractivity contribution in [3.05, 3.63) is 21.9 Å². The number of amides is 1. The van der Waals surface area contributed by atoms with Crippen LogP contribution < -0.4 is 11.1 Å². The summed E-state index contributed by atoms with van der Waals surface area (Å²) in [5, 5.41) is 2.91. The highest BCUT2D eigenvalue weighted by Crippen LogP contribution is 2.22. The van der Waals surface area contributed by atoms with Gasteiger partial charge in [-0.25, -0.2) is 0 Å². The molecule has 3 nitrogen and oxygen atoms in total. The molecule has 1 unspecified atom stereocenters. The fourth-order valence-electron chi connectivity index (χ4n) is 1.26. The second kappa shape index (κ2) is 5.28. The fraction of sp³-hybridized carbons (Fsp3) is 0.545. The van der Waals surface area contributed by atoms with Gasteiger partial charge in [0, 0.05) is 9.75 Å². The third kappa shape index (κ3) is 3.32. The lowest BCUT2D eigenvalue weighted by atomic mass is 10.2. The maximum atomic E-state index is 11.5. The standard InChI is InChI=1S/C11H18N2OS/c1-4-9(12)11(14)13-8(3)10-6-5-7(2)15-10/h5-6,8-9H,4,12H2,1-3H3,(H,13,14)/t8?,9-/m0/s1. The minimum absolute atomic E-state index is 0.0498. The molecule has 84 valence electrons. The van der Waals surface area contributed by atoms with Gasteiger partial charge in [0.1, 0.15) is 0 Å². The molecule has 1 rings (SSSR count). The van der Waals surface area contributed by atoms with Gasteiger partial charge in [0.15, 0.2) is 0 Å². The summed E-state index contributed by atoms with van der Waals surface area (Å²) in [6.07, 6.45) is 0.669. The maximum Gasteiger partial charge on any atom is 0.237 e. The summed E-state index contributed by atoms with van der Waals surface area (Å²) < 4.78 is 0. The van der Waals surface area contributed by atoms with Crippen LogP contribution in [0.2, 0.25) is 0 Å². The van der Waals surface area contributed by atoms with Crippen molar-refractivity contribution in [1.29, 1.82) is 0 Å². The zero-order valence-corrected chi connectivity index (χ0v) is 10.2. The van der Waals surface area contributed by atoms with Gasteiger partial charge in [0.2, 0.25) is 5.91 Å². The molecule has 0 aliphatic carbocycles. The van der Waals surface area contributed by atoms with Crippen LogP contribution in [0, 0.1) is 6.92 Å². The summed E-state index contributed by atoms with van der Waals surface area (Å²) in [7, 11) is 0. The predicted molar refractivity (Wildman–Crippen MR) is 63.9 cm³/mol. The van der Waals surface area contributed by atoms with E-state index in [9.17, 15) is 4.79 Å². The molecule has 0 spiro atoms. The first-order valence-electron chi connectivity index (χ1n) is 5.17. The molecule has 1 aromatic heterocycles. The molecule has 0 aromatic carbocycles. The molecule has 0 radical (unpaired) electrons. The monoisotopic (exact) mass is 226 g/mol. The summed E-state index contributed by atoms with van der Waals surface area (Å²) >= 11 is 1.70. The van der Waals surface area contributed by atoms with Gasteiger partial charge in [0.05, 0.1) is 12.1 Å². The van der Waals surface area contributed by atoms with Gasteiger partial charge in [-0.2, -0.15) is 0 Å². The number of aryl methyl sites for hydroxylation is 1. The highest BCUT2D eigenvalue weighted by molar-refractivity contribution is 7.12. The van der Waals surface area contributed by atoms with E-state index in [1.165, 1.54) is 9.75 Å². The maximum absolute atomic E-state index is 11.5. The Labute approximate surface area is 94.7 Å². The van der Waals surface area contributed by atoms with Crippen LogP contribution in [-0.2, 0) is 4.79 Å². The van der Waals surface area contributed by atoms with Crippen molar-refractivity contribution in [1.82, 2.24) is 5.32 Å². The van der Waals surface area contributed by atoms with E-state index in [4.69, 9.17) is 5.73 Å². The molecular formula is C11H18N2OS. The van der Waals surface area contributed by atoms with Crippen molar-refractivity contribution < 1.29 is 4.79 Å². The molecule has 3 N–H and O–H groups in total. The smallest absolute Gasteiger partial charge is 0.237 e. The average molecular weight is 226 g/mol. The van der Waals surface area contributed by atoms with Crippen LogP contribution in [-0.4, -0.2) is 11.9 Å². The number of carbonyl (C=O) groups is 1. The minimum Gasteiger partial charge on any atom is -0.347 e. The molecule has 0 aliphatic heterocycles. The van der Waals surface area contributed by atoms with E-state index in [-0.39, 0.29) is 11.9 Å². The summed E-state index contributed by atoms with van der Waals surface area (Å²) in [4.78, 5) is 14.0. The molecule has 0 fully saturated rings. The second-order valence-corrected chi connectivity index (χ2v) is 5.01. The van der Waals surface area contributed by atoms with E-state index in [2.05, 4.69) is 18.3 Å². The molecule has 0 bridgehead atoms. The van der Waals surface area contributed by atoms with Crippen molar-refractivity contribution in [2.24, 2.45) is 5.73 Å². The third-order valence-electron chi connectivity index (χ3n) is 2.32. The molecule has 4 heteroatoms. The van der Waals surface area contributed by atoms with Crippen LogP contribution in [0.5, 0.6) is 0 Å². The van der Waals surface area contributed by atoms with Crippen LogP contribution in [0.4, 0.5) is 0 Å². The number of nitrogens with two attached hydrogens (primary N) is 1. The first-order chi connectivity index (χ1) is 7.04. The second-order valence-electron chi connectivity index (χ2n) is 3.69. The zero-order chi connectivity index (χ0) is 11.4. The van der Waals surface area contributed by atoms with E-state index in [1.54, 1.807) is 11.3 Å². The lowest BCUT2D eigenvalue weighted by Gasteiger charge is -2.15. The van der Waals surface area contributed by atoms with Crippen molar-refractivity contribution in [2.75, 3.05) is 0 Å². The van der Waals surface area contributed by atoms with Crippen LogP contribution in [0.25, 0.3) is 0 Å². The Balaban J connectivity index is 2.56. The van der Waals surface area contributed by atoms with E-state index in [0.29, 0.717) is 6.42 Å². The number of carbonyl (C=O) groups excluding carboxylic acids is 1. The van der Waals surface area contributed by atoms with Gasteiger partial charge in [-0.1, -0.05) is 6.92 Å². The van der Waals surface area contributed by atoms with Crippen molar-refractivity contribution >= 4 is 17.2 Å². The van der Waals surface area contributed by atoms with E-state index in [1.807, 2.05) is 19.9 Å². The highest BCUT2D eigenvalue weighted by atomic mass is 32.1. The summed E-state index contributed by atoms with van der Waals surface area (Å²) in [6, 6.07) is 3.76. The predicted octanol–water partition coefficient (Wildman–Crippen LogP) is 1.97. The van der Waals surface area contributed by atoms with Gasteiger partial charge in [-0.3, -0.25) is 4.79 Å². The zero-order valence-electron chi connectivity index (χ0n) is 9.41. The molecule has 0 saturated carbocycles. The van der Waals surface area contributed by atoms with Crippen molar-refractivity contribution in [2.45, 2.75) is 39.3 Å². The van der Waals surface area contributed by atoms with Gasteiger partial charge < -0.3 is 11.1 Å². The van der Waals surface area contributed by atoms with Crippen LogP contribution in [0.1, 0.15) is 36.1 Å². The molecular weight excluding hydrogens is 208 g/mol. The Bertz CT molecular complexity index is 335. The van der Waals surface area contributed by atoms with Crippen LogP contribution in [0.3, 0.4) is 0 Å². The van der Waals surface area contributed by atoms with E-state index < -0.39 is 6.04 Å². The Morgan fingerprint density at radius 3 is 2.73 bits per heavy atom. The summed E-state index contributed by atoms with van der Waals surface area (Å²) in [5.74, 6) is -0.0731. The molecule has 0 saturated heterocycles. The van der Waals surface area contributed by atoms with Crippen LogP contribution in [0.15, 0.2) is 12.1 Å². The SMILES string of the molecule is CC[C@H](N)C(=O)NC(C)c1ccc(C)s1. The summed E-state index contributed by atoms with van der Waals surface area (Å²) in [6.45, 7) is 5.94. The van der Waals surface area contributed by atoms with Crippen molar-refractivity contribution in [3.8, 4) is 0 Å². The van der Waals surface area contributed by atoms with Gasteiger partial charge >= 0.3 is 0 Å².